The van der Waals surface area contributed by atoms with Crippen molar-refractivity contribution in [1.82, 2.24) is 9.88 Å². The molecule has 1 amide bonds. The molecule has 0 aliphatic carbocycles. The van der Waals surface area contributed by atoms with E-state index < -0.39 is 17.4 Å². The van der Waals surface area contributed by atoms with E-state index in [0.717, 1.165) is 0 Å². The molecule has 0 spiro atoms. The fraction of sp³-hybridized carbons (Fsp3) is 0.267. The molecule has 1 aromatic carbocycles. The van der Waals surface area contributed by atoms with Crippen molar-refractivity contribution in [3.8, 4) is 0 Å². The van der Waals surface area contributed by atoms with E-state index in [1.165, 1.54) is 26.1 Å². The molecule has 1 aromatic heterocycles. The van der Waals surface area contributed by atoms with Crippen molar-refractivity contribution in [2.24, 2.45) is 0 Å². The van der Waals surface area contributed by atoms with Crippen LogP contribution in [0.1, 0.15) is 13.8 Å². The number of nitrogens with one attached hydrogen (secondary N) is 1. The molecule has 21 heavy (non-hydrogen) atoms. The molecular formula is C15H16N2O4. The van der Waals surface area contributed by atoms with Crippen molar-refractivity contribution in [3.63, 3.8) is 0 Å². The summed E-state index contributed by atoms with van der Waals surface area (Å²) < 4.78 is 1.62. The molecule has 0 fully saturated rings. The first kappa shape index (κ1) is 14.8. The number of rotatable bonds is 4. The maximum Gasteiger partial charge on any atom is 0.328 e. The van der Waals surface area contributed by atoms with E-state index >= 15 is 0 Å². The molecule has 6 nitrogen and oxygen atoms in total. The van der Waals surface area contributed by atoms with Gasteiger partial charge in [-0.25, -0.2) is 4.79 Å². The van der Waals surface area contributed by atoms with Crippen LogP contribution in [0.4, 0.5) is 0 Å². The second-order valence-corrected chi connectivity index (χ2v) is 5.30. The Morgan fingerprint density at radius 2 is 1.90 bits per heavy atom. The zero-order valence-corrected chi connectivity index (χ0v) is 11.8. The Hall–Kier alpha value is -2.63. The molecule has 2 aromatic rings. The third kappa shape index (κ3) is 3.10. The largest absolute Gasteiger partial charge is 0.480 e. The number of carbonyl (C=O) groups excluding carboxylic acids is 1. The molecule has 0 radical (unpaired) electrons. The predicted molar refractivity (Wildman–Crippen MR) is 78.1 cm³/mol. The molecular weight excluding hydrogens is 272 g/mol. The van der Waals surface area contributed by atoms with E-state index in [0.29, 0.717) is 10.9 Å². The lowest BCUT2D eigenvalue weighted by atomic mass is 10.1. The minimum Gasteiger partial charge on any atom is -0.480 e. The predicted octanol–water partition coefficient (Wildman–Crippen LogP) is 0.981. The quantitative estimate of drug-likeness (QED) is 0.877. The van der Waals surface area contributed by atoms with E-state index in [9.17, 15) is 14.4 Å². The molecule has 0 unspecified atom stereocenters. The maximum absolute atomic E-state index is 12.0. The second-order valence-electron chi connectivity index (χ2n) is 5.30. The van der Waals surface area contributed by atoms with E-state index in [4.69, 9.17) is 5.11 Å². The summed E-state index contributed by atoms with van der Waals surface area (Å²) in [7, 11) is 0. The Morgan fingerprint density at radius 1 is 1.24 bits per heavy atom. The first-order valence-electron chi connectivity index (χ1n) is 6.44. The van der Waals surface area contributed by atoms with Gasteiger partial charge >= 0.3 is 5.97 Å². The number of amides is 1. The van der Waals surface area contributed by atoms with Crippen LogP contribution in [0, 0.1) is 0 Å². The fourth-order valence-corrected chi connectivity index (χ4v) is 1.99. The summed E-state index contributed by atoms with van der Waals surface area (Å²) in [5.74, 6) is -1.54. The van der Waals surface area contributed by atoms with E-state index in [2.05, 4.69) is 5.32 Å². The van der Waals surface area contributed by atoms with Gasteiger partial charge in [-0.3, -0.25) is 9.59 Å². The van der Waals surface area contributed by atoms with Gasteiger partial charge in [-0.15, -0.1) is 0 Å². The first-order chi connectivity index (χ1) is 9.81. The van der Waals surface area contributed by atoms with Gasteiger partial charge in [0.2, 0.25) is 5.91 Å². The number of carboxylic acids is 1. The monoisotopic (exact) mass is 288 g/mol. The Morgan fingerprint density at radius 3 is 2.57 bits per heavy atom. The molecule has 1 heterocycles. The Kier molecular flexibility index (Phi) is 3.80. The summed E-state index contributed by atoms with van der Waals surface area (Å²) in [6.45, 7) is 2.77. The molecule has 110 valence electrons. The maximum atomic E-state index is 12.0. The molecule has 0 aliphatic rings. The van der Waals surface area contributed by atoms with Gasteiger partial charge in [-0.1, -0.05) is 12.1 Å². The molecule has 6 heteroatoms. The van der Waals surface area contributed by atoms with Gasteiger partial charge in [0.05, 0.1) is 5.52 Å². The van der Waals surface area contributed by atoms with Gasteiger partial charge in [-0.05, 0) is 26.0 Å². The summed E-state index contributed by atoms with van der Waals surface area (Å²) in [4.78, 5) is 34.7. The highest BCUT2D eigenvalue weighted by Gasteiger charge is 2.28. The van der Waals surface area contributed by atoms with Gasteiger partial charge < -0.3 is 15.0 Å². The van der Waals surface area contributed by atoms with Crippen LogP contribution < -0.4 is 10.7 Å². The fourth-order valence-electron chi connectivity index (χ4n) is 1.99. The molecule has 0 bridgehead atoms. The van der Waals surface area contributed by atoms with Crippen molar-refractivity contribution in [3.05, 3.63) is 46.8 Å². The normalized spacial score (nSPS) is 11.3. The van der Waals surface area contributed by atoms with Crippen molar-refractivity contribution >= 4 is 22.8 Å². The summed E-state index contributed by atoms with van der Waals surface area (Å²) in [5.41, 5.74) is -0.826. The van der Waals surface area contributed by atoms with Crippen LogP contribution >= 0.6 is 0 Å². The first-order valence-corrected chi connectivity index (χ1v) is 6.44. The number of para-hydroxylation sites is 1. The van der Waals surface area contributed by atoms with E-state index in [1.807, 2.05) is 0 Å². The summed E-state index contributed by atoms with van der Waals surface area (Å²) in [5, 5.41) is 12.0. The summed E-state index contributed by atoms with van der Waals surface area (Å²) in [6.07, 6.45) is 1.53. The van der Waals surface area contributed by atoms with Crippen molar-refractivity contribution in [2.75, 3.05) is 0 Å². The van der Waals surface area contributed by atoms with Crippen LogP contribution in [0.25, 0.3) is 10.9 Å². The SMILES string of the molecule is CC(C)(NC(=O)Cn1ccc(=O)c2ccccc21)C(=O)O. The number of fused-ring (bicyclic) bond motifs is 1. The van der Waals surface area contributed by atoms with Crippen LogP contribution in [0.3, 0.4) is 0 Å². The highest BCUT2D eigenvalue weighted by atomic mass is 16.4. The number of aromatic nitrogens is 1. The number of nitrogens with zero attached hydrogens (tertiary/aromatic N) is 1. The van der Waals surface area contributed by atoms with Crippen molar-refractivity contribution < 1.29 is 14.7 Å². The Bertz CT molecular complexity index is 762. The number of aliphatic carboxylic acids is 1. The Balaban J connectivity index is 2.29. The standard InChI is InChI=1S/C15H16N2O4/c1-15(2,14(20)21)16-13(19)9-17-8-7-12(18)10-5-3-4-6-11(10)17/h3-8H,9H2,1-2H3,(H,16,19)(H,20,21). The molecule has 0 saturated heterocycles. The second kappa shape index (κ2) is 5.40. The van der Waals surface area contributed by atoms with Gasteiger partial charge in [0.1, 0.15) is 12.1 Å². The van der Waals surface area contributed by atoms with Crippen LogP contribution in [-0.4, -0.2) is 27.1 Å². The van der Waals surface area contributed by atoms with Crippen LogP contribution in [-0.2, 0) is 16.1 Å². The van der Waals surface area contributed by atoms with Crippen LogP contribution in [0.15, 0.2) is 41.3 Å². The number of benzene rings is 1. The highest BCUT2D eigenvalue weighted by molar-refractivity contribution is 5.87. The average molecular weight is 288 g/mol. The lowest BCUT2D eigenvalue weighted by Gasteiger charge is -2.21. The third-order valence-electron chi connectivity index (χ3n) is 3.19. The molecule has 0 atom stereocenters. The van der Waals surface area contributed by atoms with Gasteiger partial charge in [0.15, 0.2) is 5.43 Å². The molecule has 2 rings (SSSR count). The number of hydrogen-bond acceptors (Lipinski definition) is 3. The zero-order chi connectivity index (χ0) is 15.6. The number of carbonyl (C=O) groups is 2. The van der Waals surface area contributed by atoms with E-state index in [-0.39, 0.29) is 12.0 Å². The number of pyridine rings is 1. The molecule has 0 aliphatic heterocycles. The zero-order valence-electron chi connectivity index (χ0n) is 11.8. The highest BCUT2D eigenvalue weighted by Crippen LogP contribution is 2.10. The summed E-state index contributed by atoms with van der Waals surface area (Å²) in [6, 6.07) is 8.34. The Labute approximate surface area is 121 Å². The van der Waals surface area contributed by atoms with Crippen molar-refractivity contribution in [2.45, 2.75) is 25.9 Å². The molecule has 2 N–H and O–H groups in total. The van der Waals surface area contributed by atoms with E-state index in [1.54, 1.807) is 28.8 Å². The molecule has 0 saturated carbocycles. The minimum atomic E-state index is -1.34. The van der Waals surface area contributed by atoms with Crippen LogP contribution in [0.5, 0.6) is 0 Å². The topological polar surface area (TPSA) is 88.4 Å². The summed E-state index contributed by atoms with van der Waals surface area (Å²) >= 11 is 0. The number of hydrogen-bond donors (Lipinski definition) is 2. The van der Waals surface area contributed by atoms with Crippen molar-refractivity contribution in [1.29, 1.82) is 0 Å². The lowest BCUT2D eigenvalue weighted by Crippen LogP contribution is -2.50. The van der Waals surface area contributed by atoms with Gasteiger partial charge in [0.25, 0.3) is 0 Å². The lowest BCUT2D eigenvalue weighted by molar-refractivity contribution is -0.146. The smallest absolute Gasteiger partial charge is 0.328 e. The van der Waals surface area contributed by atoms with Gasteiger partial charge in [0, 0.05) is 17.6 Å². The van der Waals surface area contributed by atoms with Gasteiger partial charge in [-0.2, -0.15) is 0 Å². The van der Waals surface area contributed by atoms with Crippen LogP contribution in [0.2, 0.25) is 0 Å². The number of carboxylic acid groups (broad SMARTS) is 1. The third-order valence-corrected chi connectivity index (χ3v) is 3.19. The average Bonchev–Trinajstić information content (AvgIpc) is 2.41. The minimum absolute atomic E-state index is 0.0580.